The van der Waals surface area contributed by atoms with Crippen LogP contribution in [0, 0.1) is 5.92 Å². The van der Waals surface area contributed by atoms with Crippen molar-refractivity contribution in [3.8, 4) is 11.5 Å². The second-order valence-electron chi connectivity index (χ2n) is 10.5. The number of hydrogen-bond acceptors (Lipinski definition) is 9. The van der Waals surface area contributed by atoms with Crippen LogP contribution in [0.25, 0.3) is 5.70 Å². The Balaban J connectivity index is 2.34. The highest BCUT2D eigenvalue weighted by atomic mass is 16.6. The molecule has 3 rings (SSSR count). The number of benzene rings is 2. The molecule has 13 heteroatoms. The highest BCUT2D eigenvalue weighted by Crippen LogP contribution is 2.37. The Morgan fingerprint density at radius 2 is 1.50 bits per heavy atom. The van der Waals surface area contributed by atoms with Gasteiger partial charge in [0.25, 0.3) is 5.91 Å². The fourth-order valence-corrected chi connectivity index (χ4v) is 4.96. The first kappa shape index (κ1) is 33.5. The van der Waals surface area contributed by atoms with Crippen molar-refractivity contribution in [1.29, 1.82) is 0 Å². The number of carbonyl (C=O) groups is 6. The molecule has 0 spiro atoms. The van der Waals surface area contributed by atoms with Crippen molar-refractivity contribution in [2.24, 2.45) is 5.92 Å². The fraction of sp³-hybridized carbons (Fsp3) is 0.355. The number of amides is 3. The van der Waals surface area contributed by atoms with Gasteiger partial charge < -0.3 is 24.6 Å². The van der Waals surface area contributed by atoms with Gasteiger partial charge in [-0.25, -0.2) is 14.8 Å². The first-order valence-electron chi connectivity index (χ1n) is 13.7. The van der Waals surface area contributed by atoms with Gasteiger partial charge in [0.05, 0.1) is 11.7 Å². The number of aliphatic hydroxyl groups excluding tert-OH is 1. The smallest absolute Gasteiger partial charge is 0.334 e. The maximum atomic E-state index is 14.3. The van der Waals surface area contributed by atoms with Crippen molar-refractivity contribution in [2.75, 3.05) is 0 Å². The summed E-state index contributed by atoms with van der Waals surface area (Å²) in [7, 11) is 0. The van der Waals surface area contributed by atoms with Gasteiger partial charge in [0.15, 0.2) is 17.6 Å². The fourth-order valence-electron chi connectivity index (χ4n) is 4.96. The minimum Gasteiger partial charge on any atom is -0.479 e. The van der Waals surface area contributed by atoms with Crippen molar-refractivity contribution < 1.29 is 48.5 Å². The minimum absolute atomic E-state index is 0.0734. The molecule has 2 N–H and O–H groups in total. The van der Waals surface area contributed by atoms with Crippen LogP contribution in [0.2, 0.25) is 0 Å². The number of aliphatic hydroxyl groups is 1. The van der Waals surface area contributed by atoms with E-state index in [4.69, 9.17) is 9.47 Å². The van der Waals surface area contributed by atoms with Crippen molar-refractivity contribution in [3.63, 3.8) is 0 Å². The van der Waals surface area contributed by atoms with Crippen LogP contribution < -0.4 is 9.47 Å². The van der Waals surface area contributed by atoms with E-state index in [1.54, 1.807) is 44.2 Å². The second kappa shape index (κ2) is 14.0. The monoisotopic (exact) mass is 609 g/mol. The normalized spacial score (nSPS) is 16.1. The molecule has 2 aromatic rings. The molecule has 0 radical (unpaired) electrons. The van der Waals surface area contributed by atoms with Gasteiger partial charge in [-0.15, -0.1) is 0 Å². The lowest BCUT2D eigenvalue weighted by atomic mass is 9.96. The number of carboxylic acid groups (broad SMARTS) is 1. The Kier molecular flexibility index (Phi) is 10.6. The van der Waals surface area contributed by atoms with Crippen LogP contribution in [0.3, 0.4) is 0 Å². The van der Waals surface area contributed by atoms with Crippen molar-refractivity contribution in [2.45, 2.75) is 66.2 Å². The Morgan fingerprint density at radius 1 is 0.909 bits per heavy atom. The Bertz CT molecular complexity index is 1490. The summed E-state index contributed by atoms with van der Waals surface area (Å²) in [4.78, 5) is 77.4. The number of esters is 2. The average molecular weight is 610 g/mol. The van der Waals surface area contributed by atoms with Gasteiger partial charge in [-0.05, 0) is 36.1 Å². The summed E-state index contributed by atoms with van der Waals surface area (Å²) in [6.07, 6.45) is -0.952. The summed E-state index contributed by atoms with van der Waals surface area (Å²) in [5.41, 5.74) is 0.636. The molecular formula is C31H35N3O10. The van der Waals surface area contributed by atoms with Crippen LogP contribution in [0.15, 0.2) is 54.7 Å². The molecule has 3 amide bonds. The molecule has 0 saturated carbocycles. The van der Waals surface area contributed by atoms with Crippen molar-refractivity contribution >= 4 is 41.3 Å². The van der Waals surface area contributed by atoms with Crippen LogP contribution >= 0.6 is 0 Å². The summed E-state index contributed by atoms with van der Waals surface area (Å²) < 4.78 is 10.4. The van der Waals surface area contributed by atoms with Gasteiger partial charge in [-0.1, -0.05) is 44.2 Å². The predicted octanol–water partition coefficient (Wildman–Crippen LogP) is 2.37. The lowest BCUT2D eigenvalue weighted by Gasteiger charge is -2.47. The van der Waals surface area contributed by atoms with E-state index in [0.29, 0.717) is 5.56 Å². The minimum atomic E-state index is -2.13. The molecule has 0 fully saturated rings. The number of carbonyl (C=O) groups excluding carboxylic acids is 5. The Hall–Kier alpha value is -5.04. The zero-order chi connectivity index (χ0) is 32.9. The summed E-state index contributed by atoms with van der Waals surface area (Å²) in [6, 6.07) is 9.91. The number of hydrazine groups is 1. The third-order valence-electron chi connectivity index (χ3n) is 6.75. The molecule has 0 saturated heterocycles. The third kappa shape index (κ3) is 7.48. The van der Waals surface area contributed by atoms with E-state index >= 15 is 0 Å². The largest absolute Gasteiger partial charge is 0.479 e. The van der Waals surface area contributed by atoms with Gasteiger partial charge in [0, 0.05) is 39.5 Å². The molecule has 44 heavy (non-hydrogen) atoms. The summed E-state index contributed by atoms with van der Waals surface area (Å²) in [5.74, 6) is -5.85. The molecule has 2 aromatic carbocycles. The molecule has 1 heterocycles. The molecule has 234 valence electrons. The number of aliphatic carboxylic acids is 1. The van der Waals surface area contributed by atoms with E-state index in [2.05, 4.69) is 0 Å². The lowest BCUT2D eigenvalue weighted by Crippen LogP contribution is -2.64. The molecule has 3 atom stereocenters. The lowest BCUT2D eigenvalue weighted by molar-refractivity contribution is -0.175. The molecule has 1 aliphatic rings. The van der Waals surface area contributed by atoms with E-state index in [1.165, 1.54) is 36.2 Å². The zero-order valence-corrected chi connectivity index (χ0v) is 25.2. The SMILES string of the molecule is CC(=O)Oc1ccc(C2=CN(C(C)=O)C(C(C)C)C(=O)N2N(C(C)=O)[C@@H](Cc2ccccc2)C(O)C(=O)O)cc1OC(C)=O. The number of carboxylic acids is 1. The third-order valence-corrected chi connectivity index (χ3v) is 6.75. The van der Waals surface area contributed by atoms with E-state index in [9.17, 15) is 39.0 Å². The van der Waals surface area contributed by atoms with Crippen LogP contribution in [-0.4, -0.2) is 78.9 Å². The van der Waals surface area contributed by atoms with Gasteiger partial charge in [0.2, 0.25) is 11.8 Å². The Morgan fingerprint density at radius 3 is 2.00 bits per heavy atom. The van der Waals surface area contributed by atoms with Gasteiger partial charge in [-0.3, -0.25) is 24.0 Å². The molecule has 2 unspecified atom stereocenters. The number of hydrogen-bond donors (Lipinski definition) is 2. The van der Waals surface area contributed by atoms with Gasteiger partial charge >= 0.3 is 17.9 Å². The van der Waals surface area contributed by atoms with Gasteiger partial charge in [0.1, 0.15) is 6.04 Å². The molecule has 0 aliphatic carbocycles. The van der Waals surface area contributed by atoms with Gasteiger partial charge in [-0.2, -0.15) is 0 Å². The summed E-state index contributed by atoms with van der Waals surface area (Å²) in [6.45, 7) is 8.06. The van der Waals surface area contributed by atoms with E-state index in [0.717, 1.165) is 30.8 Å². The second-order valence-corrected chi connectivity index (χ2v) is 10.5. The molecular weight excluding hydrogens is 574 g/mol. The Labute approximate surface area is 254 Å². The van der Waals surface area contributed by atoms with E-state index in [1.807, 2.05) is 0 Å². The van der Waals surface area contributed by atoms with E-state index < -0.39 is 59.7 Å². The number of nitrogens with zero attached hydrogens (tertiary/aromatic N) is 3. The van der Waals surface area contributed by atoms with Crippen LogP contribution in [0.5, 0.6) is 11.5 Å². The zero-order valence-electron chi connectivity index (χ0n) is 25.2. The van der Waals surface area contributed by atoms with Crippen LogP contribution in [0.1, 0.15) is 52.7 Å². The average Bonchev–Trinajstić information content (AvgIpc) is 2.93. The molecule has 0 aromatic heterocycles. The van der Waals surface area contributed by atoms with Crippen LogP contribution in [0.4, 0.5) is 0 Å². The first-order chi connectivity index (χ1) is 20.6. The molecule has 0 bridgehead atoms. The number of ether oxygens (including phenoxy) is 2. The molecule has 13 nitrogen and oxygen atoms in total. The quantitative estimate of drug-likeness (QED) is 0.301. The van der Waals surface area contributed by atoms with Crippen molar-refractivity contribution in [1.82, 2.24) is 14.9 Å². The summed E-state index contributed by atoms with van der Waals surface area (Å²) >= 11 is 0. The van der Waals surface area contributed by atoms with Crippen molar-refractivity contribution in [3.05, 3.63) is 65.9 Å². The highest BCUT2D eigenvalue weighted by molar-refractivity contribution is 5.98. The first-order valence-corrected chi connectivity index (χ1v) is 13.7. The standard InChI is InChI=1S/C31H35N3O10/c1-17(2)28-30(40)34(33(19(4)36)24(29(39)31(41)42)14-22-10-8-7-9-11-22)25(16-32(28)18(3)35)23-12-13-26(43-20(5)37)27(15-23)44-21(6)38/h7-13,15-17,24,28-29,39H,14H2,1-6H3,(H,41,42)/t24-,28?,29?/m0/s1. The molecule has 1 aliphatic heterocycles. The maximum absolute atomic E-state index is 14.3. The topological polar surface area (TPSA) is 171 Å². The van der Waals surface area contributed by atoms with E-state index in [-0.39, 0.29) is 29.2 Å². The number of rotatable bonds is 10. The highest BCUT2D eigenvalue weighted by Gasteiger charge is 2.46. The van der Waals surface area contributed by atoms with Crippen LogP contribution in [-0.2, 0) is 35.2 Å². The summed E-state index contributed by atoms with van der Waals surface area (Å²) in [5, 5.41) is 22.6. The maximum Gasteiger partial charge on any atom is 0.334 e. The predicted molar refractivity (Wildman–Crippen MR) is 155 cm³/mol.